The third kappa shape index (κ3) is 33.8. The average molecular weight is 198 g/mol. The minimum Gasteiger partial charge on any atom is -0.394 e. The second kappa shape index (κ2) is 14.3. The van der Waals surface area contributed by atoms with Gasteiger partial charge in [0.15, 0.2) is 0 Å². The predicted octanol–water partition coefficient (Wildman–Crippen LogP) is -2.29. The van der Waals surface area contributed by atoms with E-state index in [1.54, 1.807) is 0 Å². The Kier molecular flexibility index (Phi) is 16.7. The summed E-state index contributed by atoms with van der Waals surface area (Å²) >= 11 is 0. The van der Waals surface area contributed by atoms with Crippen LogP contribution in [0, 0.1) is 0 Å². The molecule has 13 heavy (non-hydrogen) atoms. The van der Waals surface area contributed by atoms with Gasteiger partial charge in [-0.15, -0.1) is 0 Å². The molecule has 7 heteroatoms. The summed E-state index contributed by atoms with van der Waals surface area (Å²) in [4.78, 5) is 8.90. The standard InChI is InChI=1S/C4H11NO4.C2H7NO/c6-1-3-8-5-9-4-2-7;1-2(3)4/h5-7H,1-4H2;2,4H,3H2,1H3. The minimum atomic E-state index is -0.667. The summed E-state index contributed by atoms with van der Waals surface area (Å²) in [5, 5.41) is 24.1. The highest BCUT2D eigenvalue weighted by Crippen LogP contribution is 1.67. The first-order valence-corrected chi connectivity index (χ1v) is 3.79. The molecule has 0 aliphatic carbocycles. The van der Waals surface area contributed by atoms with Crippen LogP contribution in [0.1, 0.15) is 6.92 Å². The summed E-state index contributed by atoms with van der Waals surface area (Å²) in [5.41, 5.74) is 6.73. The van der Waals surface area contributed by atoms with Crippen molar-refractivity contribution in [3.63, 3.8) is 0 Å². The number of hydrogen-bond donors (Lipinski definition) is 5. The Morgan fingerprint density at radius 3 is 1.77 bits per heavy atom. The van der Waals surface area contributed by atoms with Gasteiger partial charge in [-0.1, -0.05) is 5.64 Å². The van der Waals surface area contributed by atoms with E-state index in [4.69, 9.17) is 15.3 Å². The molecule has 1 atom stereocenters. The summed E-state index contributed by atoms with van der Waals surface area (Å²) in [6.07, 6.45) is -0.667. The van der Waals surface area contributed by atoms with Crippen molar-refractivity contribution in [1.29, 1.82) is 0 Å². The number of aliphatic hydroxyl groups excluding tert-OH is 3. The largest absolute Gasteiger partial charge is 0.394 e. The zero-order chi connectivity index (χ0) is 10.5. The second-order valence-electron chi connectivity index (χ2n) is 1.97. The van der Waals surface area contributed by atoms with E-state index in [1.165, 1.54) is 6.92 Å². The first-order chi connectivity index (χ1) is 6.15. The van der Waals surface area contributed by atoms with E-state index >= 15 is 0 Å². The summed E-state index contributed by atoms with van der Waals surface area (Å²) < 4.78 is 0. The van der Waals surface area contributed by atoms with Crippen molar-refractivity contribution in [2.24, 2.45) is 5.73 Å². The molecule has 0 fully saturated rings. The van der Waals surface area contributed by atoms with Crippen LogP contribution in [0.2, 0.25) is 0 Å². The molecular weight excluding hydrogens is 180 g/mol. The third-order valence-electron chi connectivity index (χ3n) is 0.505. The second-order valence-corrected chi connectivity index (χ2v) is 1.97. The molecule has 0 bridgehead atoms. The molecule has 0 saturated carbocycles. The van der Waals surface area contributed by atoms with Crippen LogP contribution in [-0.2, 0) is 9.68 Å². The zero-order valence-corrected chi connectivity index (χ0v) is 7.64. The summed E-state index contributed by atoms with van der Waals surface area (Å²) in [6.45, 7) is 1.72. The SMILES string of the molecule is CC(N)O.OCCONOCCO. The molecule has 0 radical (unpaired) electrons. The summed E-state index contributed by atoms with van der Waals surface area (Å²) in [6, 6.07) is 0. The van der Waals surface area contributed by atoms with E-state index < -0.39 is 6.23 Å². The monoisotopic (exact) mass is 198 g/mol. The van der Waals surface area contributed by atoms with Crippen LogP contribution in [0.25, 0.3) is 0 Å². The van der Waals surface area contributed by atoms with Crippen LogP contribution < -0.4 is 11.4 Å². The van der Waals surface area contributed by atoms with Crippen LogP contribution in [0.4, 0.5) is 0 Å². The van der Waals surface area contributed by atoms with Crippen LogP contribution in [0.3, 0.4) is 0 Å². The lowest BCUT2D eigenvalue weighted by Crippen LogP contribution is -2.19. The van der Waals surface area contributed by atoms with Crippen molar-refractivity contribution in [3.8, 4) is 0 Å². The molecule has 0 saturated heterocycles. The Bertz CT molecular complexity index is 74.7. The van der Waals surface area contributed by atoms with Gasteiger partial charge in [0.1, 0.15) is 0 Å². The molecule has 0 aliphatic rings. The zero-order valence-electron chi connectivity index (χ0n) is 7.64. The van der Waals surface area contributed by atoms with Crippen molar-refractivity contribution < 1.29 is 25.0 Å². The molecular formula is C6H18N2O5. The van der Waals surface area contributed by atoms with Gasteiger partial charge in [0, 0.05) is 0 Å². The van der Waals surface area contributed by atoms with Gasteiger partial charge >= 0.3 is 0 Å². The average Bonchev–Trinajstić information content (AvgIpc) is 2.03. The van der Waals surface area contributed by atoms with Crippen molar-refractivity contribution >= 4 is 0 Å². The highest BCUT2D eigenvalue weighted by atomic mass is 16.9. The molecule has 0 aromatic rings. The quantitative estimate of drug-likeness (QED) is 0.185. The van der Waals surface area contributed by atoms with Crippen molar-refractivity contribution in [3.05, 3.63) is 0 Å². The van der Waals surface area contributed by atoms with Gasteiger partial charge in [-0.25, -0.2) is 0 Å². The van der Waals surface area contributed by atoms with Crippen LogP contribution in [-0.4, -0.2) is 48.0 Å². The molecule has 0 rings (SSSR count). The Hall–Kier alpha value is -0.280. The fourth-order valence-electron chi connectivity index (χ4n) is 0.216. The lowest BCUT2D eigenvalue weighted by atomic mass is 10.7. The molecule has 1 unspecified atom stereocenters. The molecule has 0 heterocycles. The maximum atomic E-state index is 8.15. The van der Waals surface area contributed by atoms with Crippen molar-refractivity contribution in [2.75, 3.05) is 26.4 Å². The first kappa shape index (κ1) is 15.2. The Labute approximate surface area is 77.0 Å². The van der Waals surface area contributed by atoms with Crippen LogP contribution >= 0.6 is 0 Å². The molecule has 0 amide bonds. The van der Waals surface area contributed by atoms with Gasteiger partial charge in [0.05, 0.1) is 32.7 Å². The lowest BCUT2D eigenvalue weighted by Gasteiger charge is -2.01. The fourth-order valence-corrected chi connectivity index (χ4v) is 0.216. The number of hydrogen-bond acceptors (Lipinski definition) is 7. The van der Waals surface area contributed by atoms with E-state index in [0.717, 1.165) is 0 Å². The van der Waals surface area contributed by atoms with E-state index in [-0.39, 0.29) is 26.4 Å². The molecule has 6 N–H and O–H groups in total. The Balaban J connectivity index is 0. The van der Waals surface area contributed by atoms with Gasteiger partial charge in [0.2, 0.25) is 0 Å². The Morgan fingerprint density at radius 1 is 1.23 bits per heavy atom. The van der Waals surface area contributed by atoms with E-state index in [9.17, 15) is 0 Å². The van der Waals surface area contributed by atoms with Crippen molar-refractivity contribution in [1.82, 2.24) is 5.64 Å². The van der Waals surface area contributed by atoms with Gasteiger partial charge in [-0.3, -0.25) is 9.68 Å². The van der Waals surface area contributed by atoms with Crippen LogP contribution in [0.15, 0.2) is 0 Å². The molecule has 0 aromatic heterocycles. The molecule has 0 spiro atoms. The number of nitrogens with two attached hydrogens (primary N) is 1. The highest BCUT2D eigenvalue weighted by molar-refractivity contribution is 4.16. The maximum Gasteiger partial charge on any atom is 0.0991 e. The summed E-state index contributed by atoms with van der Waals surface area (Å²) in [7, 11) is 0. The molecule has 0 aliphatic heterocycles. The normalized spacial score (nSPS) is 11.8. The minimum absolute atomic E-state index is 0.0600. The molecule has 7 nitrogen and oxygen atoms in total. The summed E-state index contributed by atoms with van der Waals surface area (Å²) in [5.74, 6) is 0. The van der Waals surface area contributed by atoms with Gasteiger partial charge in [-0.05, 0) is 6.92 Å². The van der Waals surface area contributed by atoms with Gasteiger partial charge in [-0.2, -0.15) is 0 Å². The van der Waals surface area contributed by atoms with Crippen LogP contribution in [0.5, 0.6) is 0 Å². The van der Waals surface area contributed by atoms with Gasteiger partial charge < -0.3 is 21.1 Å². The topological polar surface area (TPSA) is 117 Å². The molecule has 82 valence electrons. The number of aliphatic hydroxyl groups is 3. The Morgan fingerprint density at radius 2 is 1.54 bits per heavy atom. The fraction of sp³-hybridized carbons (Fsp3) is 1.00. The first-order valence-electron chi connectivity index (χ1n) is 3.79. The number of nitrogens with one attached hydrogen (secondary N) is 1. The number of rotatable bonds is 6. The third-order valence-corrected chi connectivity index (χ3v) is 0.505. The molecule has 0 aromatic carbocycles. The maximum absolute atomic E-state index is 8.15. The van der Waals surface area contributed by atoms with E-state index in [0.29, 0.717) is 0 Å². The lowest BCUT2D eigenvalue weighted by molar-refractivity contribution is -0.178. The smallest absolute Gasteiger partial charge is 0.0991 e. The van der Waals surface area contributed by atoms with E-state index in [2.05, 4.69) is 21.1 Å². The van der Waals surface area contributed by atoms with E-state index in [1.807, 2.05) is 0 Å². The predicted molar refractivity (Wildman–Crippen MR) is 45.1 cm³/mol. The highest BCUT2D eigenvalue weighted by Gasteiger charge is 1.83. The van der Waals surface area contributed by atoms with Gasteiger partial charge in [0.25, 0.3) is 0 Å². The van der Waals surface area contributed by atoms with Crippen molar-refractivity contribution in [2.45, 2.75) is 13.2 Å².